The Labute approximate surface area is 92.9 Å². The zero-order valence-electron chi connectivity index (χ0n) is 8.42. The van der Waals surface area contributed by atoms with Crippen molar-refractivity contribution in [1.82, 2.24) is 0 Å². The normalized spacial score (nSPS) is 16.5. The van der Waals surface area contributed by atoms with Crippen LogP contribution in [-0.4, -0.2) is 0 Å². The topological polar surface area (TPSA) is 0 Å². The molecule has 0 heterocycles. The van der Waals surface area contributed by atoms with E-state index in [1.54, 1.807) is 5.92 Å². The van der Waals surface area contributed by atoms with Gasteiger partial charge in [-0.3, -0.25) is 0 Å². The van der Waals surface area contributed by atoms with Gasteiger partial charge in [0.1, 0.15) is 0 Å². The summed E-state index contributed by atoms with van der Waals surface area (Å²) < 4.78 is 0. The second-order valence-electron chi connectivity index (χ2n) is 3.53. The Balaban J connectivity index is 0.000000845. The maximum absolute atomic E-state index is 2.24. The number of hydrogen-bond acceptors (Lipinski definition) is 0. The molecule has 0 atom stereocenters. The summed E-state index contributed by atoms with van der Waals surface area (Å²) in [6, 6.07) is 10.8. The molecule has 1 aliphatic rings. The molecule has 0 aliphatic heterocycles. The summed E-state index contributed by atoms with van der Waals surface area (Å²) in [6.45, 7) is 0. The van der Waals surface area contributed by atoms with Crippen molar-refractivity contribution in [3.8, 4) is 0 Å². The molecule has 0 N–H and O–H groups in total. The van der Waals surface area contributed by atoms with Gasteiger partial charge in [0.15, 0.2) is 0 Å². The fourth-order valence-electron chi connectivity index (χ4n) is 1.94. The monoisotopic (exact) mass is 166 g/mol. The van der Waals surface area contributed by atoms with Gasteiger partial charge in [-0.05, 0) is 0 Å². The van der Waals surface area contributed by atoms with E-state index >= 15 is 0 Å². The fraction of sp³-hybridized carbons (Fsp3) is 0.417. The summed E-state index contributed by atoms with van der Waals surface area (Å²) in [4.78, 5) is 0. The molecular weight excluding hydrogens is 151 g/mol. The Kier molecular flexibility index (Phi) is 4.49. The molecule has 1 aliphatic carbocycles. The quantitative estimate of drug-likeness (QED) is 0.423. The Morgan fingerprint density at radius 2 is 1.46 bits per heavy atom. The van der Waals surface area contributed by atoms with Crippen LogP contribution in [0.3, 0.4) is 0 Å². The first-order chi connectivity index (χ1) is 5.97. The molecule has 0 amide bonds. The molecule has 0 bridgehead atoms. The van der Waals surface area contributed by atoms with E-state index in [4.69, 9.17) is 0 Å². The molecule has 2 rings (SSSR count). The van der Waals surface area contributed by atoms with Crippen LogP contribution in [-0.2, 0) is 0 Å². The zero-order valence-corrected chi connectivity index (χ0v) is 8.42. The first-order valence-electron chi connectivity index (χ1n) is 4.87. The summed E-state index contributed by atoms with van der Waals surface area (Å²) in [5.41, 5.74) is 1.47. The zero-order chi connectivity index (χ0) is 8.23. The van der Waals surface area contributed by atoms with E-state index in [0.29, 0.717) is 0 Å². The Bertz CT molecular complexity index is 224. The van der Waals surface area contributed by atoms with Gasteiger partial charge in [-0.1, -0.05) is 38.2 Å². The Morgan fingerprint density at radius 3 is 2.08 bits per heavy atom. The van der Waals surface area contributed by atoms with Gasteiger partial charge in [0.2, 0.25) is 0 Å². The minimum atomic E-state index is 0. The second-order valence-corrected chi connectivity index (χ2v) is 3.53. The van der Waals surface area contributed by atoms with Crippen molar-refractivity contribution in [2.24, 2.45) is 0 Å². The van der Waals surface area contributed by atoms with Gasteiger partial charge in [0.05, 0.1) is 0 Å². The van der Waals surface area contributed by atoms with E-state index in [1.807, 2.05) is 0 Å². The van der Waals surface area contributed by atoms with Crippen molar-refractivity contribution in [3.63, 3.8) is 0 Å². The van der Waals surface area contributed by atoms with Crippen LogP contribution < -0.4 is 18.9 Å². The van der Waals surface area contributed by atoms with E-state index in [2.05, 4.69) is 30.3 Å². The predicted molar refractivity (Wildman–Crippen MR) is 51.9 cm³/mol. The first kappa shape index (κ1) is 10.8. The van der Waals surface area contributed by atoms with Gasteiger partial charge in [0.25, 0.3) is 0 Å². The largest absolute Gasteiger partial charge is 1.00 e. The summed E-state index contributed by atoms with van der Waals surface area (Å²) in [7, 11) is 0. The van der Waals surface area contributed by atoms with Crippen LogP contribution in [0.2, 0.25) is 0 Å². The van der Waals surface area contributed by atoms with Crippen LogP contribution in [0.15, 0.2) is 30.3 Å². The van der Waals surface area contributed by atoms with Crippen LogP contribution in [0.25, 0.3) is 0 Å². The van der Waals surface area contributed by atoms with Crippen molar-refractivity contribution < 1.29 is 18.9 Å². The Hall–Kier alpha value is -0.313. The fourth-order valence-corrected chi connectivity index (χ4v) is 1.94. The average molecular weight is 166 g/mol. The van der Waals surface area contributed by atoms with Crippen LogP contribution in [0.4, 0.5) is 0 Å². The molecule has 64 valence electrons. The van der Waals surface area contributed by atoms with Gasteiger partial charge in [-0.2, -0.15) is 23.6 Å². The molecule has 0 nitrogen and oxygen atoms in total. The molecule has 1 saturated carbocycles. The van der Waals surface area contributed by atoms with Crippen molar-refractivity contribution >= 4 is 0 Å². The molecule has 0 aromatic heterocycles. The van der Waals surface area contributed by atoms with Crippen molar-refractivity contribution in [2.45, 2.75) is 32.1 Å². The number of benzene rings is 1. The molecule has 0 spiro atoms. The molecule has 0 unspecified atom stereocenters. The maximum Gasteiger partial charge on any atom is 1.00 e. The molecule has 1 aromatic rings. The van der Waals surface area contributed by atoms with E-state index in [1.165, 1.54) is 37.7 Å². The summed E-state index contributed by atoms with van der Waals surface area (Å²) in [6.07, 6.45) is 6.86. The molecular formula is C12H15Li. The van der Waals surface area contributed by atoms with Crippen molar-refractivity contribution in [3.05, 3.63) is 41.8 Å². The maximum atomic E-state index is 2.24. The third-order valence-electron chi connectivity index (χ3n) is 2.64. The third kappa shape index (κ3) is 2.83. The SMILES string of the molecule is [Li+].c1ccc([C-]2CCCCC2)cc1. The predicted octanol–water partition coefficient (Wildman–Crippen LogP) is 0.577. The van der Waals surface area contributed by atoms with Gasteiger partial charge < -0.3 is 0 Å². The summed E-state index contributed by atoms with van der Waals surface area (Å²) in [5.74, 6) is 1.67. The smallest absolute Gasteiger partial charge is 0.189 e. The van der Waals surface area contributed by atoms with Crippen LogP contribution >= 0.6 is 0 Å². The molecule has 0 saturated heterocycles. The van der Waals surface area contributed by atoms with Crippen LogP contribution in [0.5, 0.6) is 0 Å². The first-order valence-corrected chi connectivity index (χ1v) is 4.87. The molecule has 0 radical (unpaired) electrons. The van der Waals surface area contributed by atoms with Crippen molar-refractivity contribution in [2.75, 3.05) is 0 Å². The van der Waals surface area contributed by atoms with Gasteiger partial charge in [-0.25, -0.2) is 0 Å². The minimum absolute atomic E-state index is 0. The molecule has 1 heteroatoms. The molecule has 1 fully saturated rings. The van der Waals surface area contributed by atoms with E-state index < -0.39 is 0 Å². The molecule has 1 aromatic carbocycles. The van der Waals surface area contributed by atoms with Crippen molar-refractivity contribution in [1.29, 1.82) is 0 Å². The van der Waals surface area contributed by atoms with E-state index in [0.717, 1.165) is 0 Å². The van der Waals surface area contributed by atoms with Crippen LogP contribution in [0, 0.1) is 5.92 Å². The van der Waals surface area contributed by atoms with E-state index in [-0.39, 0.29) is 18.9 Å². The van der Waals surface area contributed by atoms with Crippen LogP contribution in [0.1, 0.15) is 37.7 Å². The number of rotatable bonds is 1. The van der Waals surface area contributed by atoms with Gasteiger partial charge >= 0.3 is 18.9 Å². The summed E-state index contributed by atoms with van der Waals surface area (Å²) >= 11 is 0. The summed E-state index contributed by atoms with van der Waals surface area (Å²) in [5, 5.41) is 0. The van der Waals surface area contributed by atoms with E-state index in [9.17, 15) is 0 Å². The van der Waals surface area contributed by atoms with Gasteiger partial charge in [-0.15, -0.1) is 12.1 Å². The third-order valence-corrected chi connectivity index (χ3v) is 2.64. The number of hydrogen-bond donors (Lipinski definition) is 0. The van der Waals surface area contributed by atoms with Gasteiger partial charge in [0, 0.05) is 0 Å². The molecule has 13 heavy (non-hydrogen) atoms. The standard InChI is InChI=1S/C12H15.Li/c1-3-7-11(8-4-1)12-9-5-2-6-10-12;/h1,3-4,7-8H,2,5-6,9-10H2;/q-1;+1. The second kappa shape index (κ2) is 5.42. The average Bonchev–Trinajstić information content (AvgIpc) is 2.21. The Morgan fingerprint density at radius 1 is 0.846 bits per heavy atom. The minimum Gasteiger partial charge on any atom is -0.189 e.